The van der Waals surface area contributed by atoms with Crippen molar-refractivity contribution in [2.75, 3.05) is 6.54 Å². The maximum atomic E-state index is 14.0. The molecule has 0 saturated carbocycles. The Morgan fingerprint density at radius 1 is 1.41 bits per heavy atom. The molecule has 0 spiro atoms. The number of aromatic nitrogens is 1. The van der Waals surface area contributed by atoms with Gasteiger partial charge in [0.15, 0.2) is 0 Å². The molecule has 146 valence electrons. The normalized spacial score (nSPS) is 21.9. The summed E-state index contributed by atoms with van der Waals surface area (Å²) < 4.78 is 19.5. The number of hydrogen-bond donors (Lipinski definition) is 1. The standard InChI is InChI=1S/C21H27FN2O3/c1-21(2,3)27-20(26)24-10-8-15(22)11-16(24)12-19(25)17-6-4-5-14-7-9-23-13-18(14)17/h4-7,9,13,15-16,19,25H,8,10-12H2,1-3H3/t15-,16-,19+/m1/s1. The molecule has 1 N–H and O–H groups in total. The van der Waals surface area contributed by atoms with E-state index < -0.39 is 30.0 Å². The first-order chi connectivity index (χ1) is 12.7. The summed E-state index contributed by atoms with van der Waals surface area (Å²) in [5.41, 5.74) is 0.124. The number of aliphatic hydroxyl groups excluding tert-OH is 1. The van der Waals surface area contributed by atoms with Crippen LogP contribution in [0, 0.1) is 0 Å². The smallest absolute Gasteiger partial charge is 0.410 e. The monoisotopic (exact) mass is 374 g/mol. The summed E-state index contributed by atoms with van der Waals surface area (Å²) in [4.78, 5) is 18.3. The second-order valence-electron chi connectivity index (χ2n) is 8.14. The molecule has 0 aliphatic carbocycles. The lowest BCUT2D eigenvalue weighted by molar-refractivity contribution is -0.00656. The molecule has 2 heterocycles. The molecule has 1 aromatic heterocycles. The van der Waals surface area contributed by atoms with Gasteiger partial charge < -0.3 is 14.7 Å². The first-order valence-electron chi connectivity index (χ1n) is 9.39. The number of ether oxygens (including phenoxy) is 1. The van der Waals surface area contributed by atoms with Crippen LogP contribution in [0.15, 0.2) is 36.7 Å². The van der Waals surface area contributed by atoms with Crippen LogP contribution in [-0.4, -0.2) is 45.4 Å². The highest BCUT2D eigenvalue weighted by atomic mass is 19.1. The fraction of sp³-hybridized carbons (Fsp3) is 0.524. The summed E-state index contributed by atoms with van der Waals surface area (Å²) >= 11 is 0. The number of nitrogens with zero attached hydrogens (tertiary/aromatic N) is 2. The largest absolute Gasteiger partial charge is 0.444 e. The maximum Gasteiger partial charge on any atom is 0.410 e. The Morgan fingerprint density at radius 3 is 2.93 bits per heavy atom. The molecule has 1 aliphatic rings. The van der Waals surface area contributed by atoms with Crippen molar-refractivity contribution in [3.8, 4) is 0 Å². The number of pyridine rings is 1. The third-order valence-electron chi connectivity index (χ3n) is 4.85. The van der Waals surface area contributed by atoms with Crippen LogP contribution < -0.4 is 0 Å². The van der Waals surface area contributed by atoms with Crippen molar-refractivity contribution in [2.45, 2.75) is 64.0 Å². The van der Waals surface area contributed by atoms with Crippen LogP contribution in [0.25, 0.3) is 10.8 Å². The highest BCUT2D eigenvalue weighted by Crippen LogP contribution is 2.32. The number of piperidine rings is 1. The van der Waals surface area contributed by atoms with Gasteiger partial charge in [0.2, 0.25) is 0 Å². The summed E-state index contributed by atoms with van der Waals surface area (Å²) in [6.45, 7) is 5.71. The van der Waals surface area contributed by atoms with Gasteiger partial charge >= 0.3 is 6.09 Å². The number of carbonyl (C=O) groups excluding carboxylic acids is 1. The second kappa shape index (κ2) is 7.80. The van der Waals surface area contributed by atoms with E-state index in [0.717, 1.165) is 16.3 Å². The average molecular weight is 374 g/mol. The Morgan fingerprint density at radius 2 is 2.19 bits per heavy atom. The Labute approximate surface area is 159 Å². The summed E-state index contributed by atoms with van der Waals surface area (Å²) in [6, 6.07) is 7.16. The fourth-order valence-corrected chi connectivity index (χ4v) is 3.60. The van der Waals surface area contributed by atoms with Crippen LogP contribution in [0.2, 0.25) is 0 Å². The van der Waals surface area contributed by atoms with Gasteiger partial charge in [-0.25, -0.2) is 9.18 Å². The number of carbonyl (C=O) groups is 1. The second-order valence-corrected chi connectivity index (χ2v) is 8.14. The number of hydrogen-bond acceptors (Lipinski definition) is 4. The number of fused-ring (bicyclic) bond motifs is 1. The van der Waals surface area contributed by atoms with Gasteiger partial charge in [-0.05, 0) is 57.0 Å². The number of aliphatic hydroxyl groups is 1. The average Bonchev–Trinajstić information content (AvgIpc) is 2.59. The number of halogens is 1. The van der Waals surface area contributed by atoms with Crippen LogP contribution in [0.1, 0.15) is 51.7 Å². The lowest BCUT2D eigenvalue weighted by Gasteiger charge is -2.38. The Hall–Kier alpha value is -2.21. The number of amides is 1. The summed E-state index contributed by atoms with van der Waals surface area (Å²) in [7, 11) is 0. The molecular formula is C21H27FN2O3. The van der Waals surface area contributed by atoms with Gasteiger partial charge in [-0.3, -0.25) is 4.98 Å². The van der Waals surface area contributed by atoms with Crippen LogP contribution in [0.5, 0.6) is 0 Å². The molecule has 3 rings (SSSR count). The molecule has 1 saturated heterocycles. The highest BCUT2D eigenvalue weighted by molar-refractivity contribution is 5.85. The third kappa shape index (κ3) is 4.75. The van der Waals surface area contributed by atoms with Gasteiger partial charge in [0.25, 0.3) is 0 Å². The van der Waals surface area contributed by atoms with Gasteiger partial charge in [0, 0.05) is 30.4 Å². The number of likely N-dealkylation sites (tertiary alicyclic amines) is 1. The lowest BCUT2D eigenvalue weighted by Crippen LogP contribution is -2.49. The van der Waals surface area contributed by atoms with Crippen molar-refractivity contribution in [1.29, 1.82) is 0 Å². The van der Waals surface area contributed by atoms with E-state index in [2.05, 4.69) is 4.98 Å². The van der Waals surface area contributed by atoms with Gasteiger partial charge in [0.1, 0.15) is 11.8 Å². The minimum absolute atomic E-state index is 0.208. The molecule has 1 fully saturated rings. The van der Waals surface area contributed by atoms with E-state index in [0.29, 0.717) is 13.0 Å². The first-order valence-corrected chi connectivity index (χ1v) is 9.39. The minimum atomic E-state index is -0.977. The zero-order valence-corrected chi connectivity index (χ0v) is 16.1. The van der Waals surface area contributed by atoms with Gasteiger partial charge in [-0.15, -0.1) is 0 Å². The number of rotatable bonds is 3. The molecule has 3 atom stereocenters. The van der Waals surface area contributed by atoms with Gasteiger partial charge in [-0.2, -0.15) is 0 Å². The number of benzene rings is 1. The molecule has 1 amide bonds. The molecule has 0 bridgehead atoms. The SMILES string of the molecule is CC(C)(C)OC(=O)N1CC[C@@H](F)C[C@@H]1C[C@H](O)c1cccc2ccncc12. The van der Waals surface area contributed by atoms with E-state index in [4.69, 9.17) is 4.74 Å². The van der Waals surface area contributed by atoms with Crippen molar-refractivity contribution >= 4 is 16.9 Å². The molecule has 0 unspecified atom stereocenters. The molecule has 0 radical (unpaired) electrons. The Bertz CT molecular complexity index is 800. The molecule has 2 aromatic rings. The topological polar surface area (TPSA) is 62.7 Å². The van der Waals surface area contributed by atoms with Crippen LogP contribution in [-0.2, 0) is 4.74 Å². The van der Waals surface area contributed by atoms with Gasteiger partial charge in [-0.1, -0.05) is 18.2 Å². The van der Waals surface area contributed by atoms with E-state index in [1.165, 1.54) is 0 Å². The van der Waals surface area contributed by atoms with Crippen LogP contribution >= 0.6 is 0 Å². The zero-order valence-electron chi connectivity index (χ0n) is 16.1. The van der Waals surface area contributed by atoms with E-state index >= 15 is 0 Å². The zero-order chi connectivity index (χ0) is 19.6. The summed E-state index contributed by atoms with van der Waals surface area (Å²) in [5, 5.41) is 12.7. The molecule has 27 heavy (non-hydrogen) atoms. The minimum Gasteiger partial charge on any atom is -0.444 e. The van der Waals surface area contributed by atoms with Crippen molar-refractivity contribution in [3.63, 3.8) is 0 Å². The van der Waals surface area contributed by atoms with Crippen LogP contribution in [0.3, 0.4) is 0 Å². The van der Waals surface area contributed by atoms with Crippen molar-refractivity contribution in [3.05, 3.63) is 42.2 Å². The first kappa shape index (κ1) is 19.5. The predicted molar refractivity (Wildman–Crippen MR) is 102 cm³/mol. The molecule has 1 aliphatic heterocycles. The molecular weight excluding hydrogens is 347 g/mol. The van der Waals surface area contributed by atoms with Crippen molar-refractivity contribution in [2.24, 2.45) is 0 Å². The molecule has 5 nitrogen and oxygen atoms in total. The van der Waals surface area contributed by atoms with E-state index in [9.17, 15) is 14.3 Å². The quantitative estimate of drug-likeness (QED) is 0.865. The van der Waals surface area contributed by atoms with E-state index in [1.54, 1.807) is 38.1 Å². The number of alkyl halides is 1. The summed E-state index contributed by atoms with van der Waals surface area (Å²) in [6.07, 6.45) is 1.94. The summed E-state index contributed by atoms with van der Waals surface area (Å²) in [5.74, 6) is 0. The Balaban J connectivity index is 1.80. The Kier molecular flexibility index (Phi) is 5.65. The predicted octanol–water partition coefficient (Wildman–Crippen LogP) is 4.40. The van der Waals surface area contributed by atoms with Crippen molar-refractivity contribution in [1.82, 2.24) is 9.88 Å². The van der Waals surface area contributed by atoms with Gasteiger partial charge in [0.05, 0.1) is 6.10 Å². The van der Waals surface area contributed by atoms with Crippen LogP contribution in [0.4, 0.5) is 9.18 Å². The fourth-order valence-electron chi connectivity index (χ4n) is 3.60. The molecule has 1 aromatic carbocycles. The van der Waals surface area contributed by atoms with Crippen molar-refractivity contribution < 1.29 is 19.0 Å². The van der Waals surface area contributed by atoms with E-state index in [1.807, 2.05) is 24.3 Å². The molecule has 6 heteroatoms. The highest BCUT2D eigenvalue weighted by Gasteiger charge is 2.35. The van der Waals surface area contributed by atoms with E-state index in [-0.39, 0.29) is 12.8 Å². The third-order valence-corrected chi connectivity index (χ3v) is 4.85. The maximum absolute atomic E-state index is 14.0. The lowest BCUT2D eigenvalue weighted by atomic mass is 9.92.